The quantitative estimate of drug-likeness (QED) is 0.133. The lowest BCUT2D eigenvalue weighted by Crippen LogP contribution is -2.10. The minimum Gasteiger partial charge on any atom is -0.310 e. The number of fused-ring (bicyclic) bond motifs is 1. The Morgan fingerprint density at radius 3 is 0.985 bits per heavy atom. The minimum atomic E-state index is 1.08. The molecule has 0 atom stereocenters. The van der Waals surface area contributed by atoms with E-state index in [-0.39, 0.29) is 0 Å². The van der Waals surface area contributed by atoms with Crippen molar-refractivity contribution in [1.29, 1.82) is 0 Å². The predicted octanol–water partition coefficient (Wildman–Crippen LogP) is 18.0. The van der Waals surface area contributed by atoms with Crippen LogP contribution in [-0.4, -0.2) is 0 Å². The van der Waals surface area contributed by atoms with Gasteiger partial charge < -0.3 is 4.90 Å². The third kappa shape index (κ3) is 7.71. The maximum atomic E-state index is 2.38. The maximum Gasteiger partial charge on any atom is 0.0467 e. The summed E-state index contributed by atoms with van der Waals surface area (Å²) in [7, 11) is 0. The highest BCUT2D eigenvalue weighted by atomic mass is 15.1. The molecule has 0 aromatic heterocycles. The second-order valence-corrected chi connectivity index (χ2v) is 16.4. The van der Waals surface area contributed by atoms with Crippen LogP contribution in [0.4, 0.5) is 17.1 Å². The van der Waals surface area contributed by atoms with Crippen molar-refractivity contribution < 1.29 is 0 Å². The van der Waals surface area contributed by atoms with Gasteiger partial charge in [0, 0.05) is 17.1 Å². The normalized spacial score (nSPS) is 11.1. The molecule has 0 unspecified atom stereocenters. The molecule has 11 aromatic carbocycles. The molecule has 11 aromatic rings. The van der Waals surface area contributed by atoms with Gasteiger partial charge in [-0.2, -0.15) is 0 Å². The summed E-state index contributed by atoms with van der Waals surface area (Å²) >= 11 is 0. The van der Waals surface area contributed by atoms with Crippen LogP contribution in [-0.2, 0) is 0 Å². The van der Waals surface area contributed by atoms with Crippen LogP contribution in [0.2, 0.25) is 0 Å². The van der Waals surface area contributed by atoms with Gasteiger partial charge in [-0.3, -0.25) is 0 Å². The third-order valence-electron chi connectivity index (χ3n) is 12.5. The minimum absolute atomic E-state index is 1.08. The fourth-order valence-electron chi connectivity index (χ4n) is 9.49. The molecule has 306 valence electrons. The zero-order valence-corrected chi connectivity index (χ0v) is 35.9. The molecule has 0 heterocycles. The molecule has 0 fully saturated rings. The van der Waals surface area contributed by atoms with Gasteiger partial charge in [0.05, 0.1) is 0 Å². The van der Waals surface area contributed by atoms with Crippen molar-refractivity contribution in [3.8, 4) is 77.9 Å². The number of hydrogen-bond acceptors (Lipinski definition) is 1. The van der Waals surface area contributed by atoms with Crippen molar-refractivity contribution >= 4 is 27.8 Å². The molecule has 1 heteroatoms. The maximum absolute atomic E-state index is 2.38. The number of benzene rings is 11. The number of anilines is 3. The van der Waals surface area contributed by atoms with E-state index in [0.717, 1.165) is 22.6 Å². The van der Waals surface area contributed by atoms with Gasteiger partial charge in [-0.15, -0.1) is 0 Å². The van der Waals surface area contributed by atoms with E-state index in [1.54, 1.807) is 0 Å². The molecule has 0 saturated heterocycles. The zero-order valence-electron chi connectivity index (χ0n) is 35.9. The first-order valence-electron chi connectivity index (χ1n) is 22.3. The summed E-state index contributed by atoms with van der Waals surface area (Å²) in [4.78, 5) is 2.38. The van der Waals surface area contributed by atoms with Crippen LogP contribution in [0.1, 0.15) is 0 Å². The SMILES string of the molecule is c1ccc(-c2ccc(N(c3ccc(-c4ccccc4)cc3)c3cccc(-c4cccc5c(-c6ccccc6)c(-c6ccccc6)c(-c6ccccc6)c(-c6ccccc6)c45)c3)cc2)cc1. The van der Waals surface area contributed by atoms with Crippen LogP contribution in [0.15, 0.2) is 273 Å². The number of hydrogen-bond donors (Lipinski definition) is 0. The standard InChI is InChI=1S/C64H45N/c1-7-21-46(22-8-1)48-37-41-55(42-38-48)65(56-43-39-49(40-44-56)47-23-9-2-10-24-47)57-34-19-33-54(45-57)58-35-20-36-59-60(50-25-11-3-12-26-50)61(51-27-13-4-14-28-51)62(52-29-15-5-16-30-52)63(64(58)59)53-31-17-6-18-32-53/h1-45H. The number of rotatable bonds is 10. The average molecular weight is 828 g/mol. The van der Waals surface area contributed by atoms with Gasteiger partial charge in [0.25, 0.3) is 0 Å². The fourth-order valence-corrected chi connectivity index (χ4v) is 9.49. The Morgan fingerprint density at radius 2 is 0.538 bits per heavy atom. The molecule has 11 rings (SSSR count). The van der Waals surface area contributed by atoms with Gasteiger partial charge in [0.1, 0.15) is 0 Å². The van der Waals surface area contributed by atoms with Crippen molar-refractivity contribution in [3.63, 3.8) is 0 Å². The zero-order chi connectivity index (χ0) is 43.4. The third-order valence-corrected chi connectivity index (χ3v) is 12.5. The molecule has 0 aliphatic carbocycles. The fraction of sp³-hybridized carbons (Fsp3) is 0. The van der Waals surface area contributed by atoms with Crippen molar-refractivity contribution in [3.05, 3.63) is 273 Å². The Labute approximate surface area is 381 Å². The van der Waals surface area contributed by atoms with E-state index in [2.05, 4.69) is 278 Å². The van der Waals surface area contributed by atoms with E-state index >= 15 is 0 Å². The summed E-state index contributed by atoms with van der Waals surface area (Å²) in [6.45, 7) is 0. The van der Waals surface area contributed by atoms with Crippen molar-refractivity contribution in [2.24, 2.45) is 0 Å². The van der Waals surface area contributed by atoms with Crippen molar-refractivity contribution in [2.75, 3.05) is 4.90 Å². The van der Waals surface area contributed by atoms with E-state index in [1.807, 2.05) is 0 Å². The molecule has 0 saturated carbocycles. The van der Waals surface area contributed by atoms with Gasteiger partial charge >= 0.3 is 0 Å². The average Bonchev–Trinajstić information content (AvgIpc) is 3.40. The van der Waals surface area contributed by atoms with Crippen molar-refractivity contribution in [1.82, 2.24) is 0 Å². The van der Waals surface area contributed by atoms with E-state index in [9.17, 15) is 0 Å². The Kier molecular flexibility index (Phi) is 10.7. The monoisotopic (exact) mass is 827 g/mol. The smallest absolute Gasteiger partial charge is 0.0467 e. The molecule has 0 N–H and O–H groups in total. The Hall–Kier alpha value is -8.52. The first kappa shape index (κ1) is 39.3. The highest BCUT2D eigenvalue weighted by Gasteiger charge is 2.26. The second-order valence-electron chi connectivity index (χ2n) is 16.4. The van der Waals surface area contributed by atoms with Crippen LogP contribution in [0.25, 0.3) is 88.7 Å². The lowest BCUT2D eigenvalue weighted by molar-refractivity contribution is 1.28. The molecule has 0 aliphatic heterocycles. The molecular formula is C64H45N. The Bertz CT molecular complexity index is 3260. The van der Waals surface area contributed by atoms with Crippen LogP contribution >= 0.6 is 0 Å². The lowest BCUT2D eigenvalue weighted by Gasteiger charge is -2.27. The topological polar surface area (TPSA) is 3.24 Å². The summed E-state index contributed by atoms with van der Waals surface area (Å²) in [6, 6.07) is 98.9. The predicted molar refractivity (Wildman–Crippen MR) is 277 cm³/mol. The molecule has 0 radical (unpaired) electrons. The summed E-state index contributed by atoms with van der Waals surface area (Å²) in [5.41, 5.74) is 19.9. The molecule has 0 aliphatic rings. The first-order chi connectivity index (χ1) is 32.3. The number of nitrogens with zero attached hydrogens (tertiary/aromatic N) is 1. The first-order valence-corrected chi connectivity index (χ1v) is 22.3. The Morgan fingerprint density at radius 1 is 0.200 bits per heavy atom. The van der Waals surface area contributed by atoms with Crippen LogP contribution in [0, 0.1) is 0 Å². The van der Waals surface area contributed by atoms with E-state index in [1.165, 1.54) is 83.1 Å². The van der Waals surface area contributed by atoms with Gasteiger partial charge in [-0.05, 0) is 125 Å². The van der Waals surface area contributed by atoms with Crippen LogP contribution < -0.4 is 4.90 Å². The largest absolute Gasteiger partial charge is 0.310 e. The summed E-state index contributed by atoms with van der Waals surface area (Å²) < 4.78 is 0. The molecule has 0 spiro atoms. The van der Waals surface area contributed by atoms with Gasteiger partial charge in [-0.1, -0.05) is 237 Å². The highest BCUT2D eigenvalue weighted by Crippen LogP contribution is 2.53. The van der Waals surface area contributed by atoms with Crippen LogP contribution in [0.5, 0.6) is 0 Å². The lowest BCUT2D eigenvalue weighted by atomic mass is 9.77. The van der Waals surface area contributed by atoms with Gasteiger partial charge in [0.2, 0.25) is 0 Å². The molecular weight excluding hydrogens is 783 g/mol. The van der Waals surface area contributed by atoms with Gasteiger partial charge in [-0.25, -0.2) is 0 Å². The van der Waals surface area contributed by atoms with Crippen LogP contribution in [0.3, 0.4) is 0 Å². The van der Waals surface area contributed by atoms with Gasteiger partial charge in [0.15, 0.2) is 0 Å². The summed E-state index contributed by atoms with van der Waals surface area (Å²) in [5.74, 6) is 0. The Balaban J connectivity index is 1.17. The molecule has 0 bridgehead atoms. The summed E-state index contributed by atoms with van der Waals surface area (Å²) in [6.07, 6.45) is 0. The molecule has 65 heavy (non-hydrogen) atoms. The second kappa shape index (κ2) is 17.7. The summed E-state index contributed by atoms with van der Waals surface area (Å²) in [5, 5.41) is 2.43. The molecule has 0 amide bonds. The van der Waals surface area contributed by atoms with Crippen molar-refractivity contribution in [2.45, 2.75) is 0 Å². The highest BCUT2D eigenvalue weighted by molar-refractivity contribution is 6.22. The van der Waals surface area contributed by atoms with E-state index < -0.39 is 0 Å². The van der Waals surface area contributed by atoms with E-state index in [4.69, 9.17) is 0 Å². The molecule has 1 nitrogen and oxygen atoms in total. The van der Waals surface area contributed by atoms with E-state index in [0.29, 0.717) is 0 Å².